The third kappa shape index (κ3) is 2.58. The topological polar surface area (TPSA) is 46.2 Å². The molecule has 0 aliphatic heterocycles. The molecule has 0 fully saturated rings. The maximum atomic E-state index is 9.31. The largest absolute Gasteiger partial charge is 0.396 e. The molecule has 0 radical (unpaired) electrons. The fraction of sp³-hybridized carbons (Fsp3) is 0.538. The molecule has 2 nitrogen and oxygen atoms in total. The highest BCUT2D eigenvalue weighted by molar-refractivity contribution is 5.33. The Labute approximate surface area is 92.1 Å². The summed E-state index contributed by atoms with van der Waals surface area (Å²) in [5.74, 6) is 0. The van der Waals surface area contributed by atoms with E-state index in [1.165, 1.54) is 11.1 Å². The van der Waals surface area contributed by atoms with Crippen molar-refractivity contribution in [1.82, 2.24) is 0 Å². The van der Waals surface area contributed by atoms with Gasteiger partial charge in [0.15, 0.2) is 0 Å². The van der Waals surface area contributed by atoms with Gasteiger partial charge in [0.1, 0.15) is 0 Å². The van der Waals surface area contributed by atoms with Crippen molar-refractivity contribution in [3.8, 4) is 0 Å². The monoisotopic (exact) mass is 207 g/mol. The van der Waals surface area contributed by atoms with Crippen LogP contribution in [-0.2, 0) is 0 Å². The molecule has 0 aliphatic carbocycles. The average Bonchev–Trinajstić information content (AvgIpc) is 2.20. The van der Waals surface area contributed by atoms with Crippen molar-refractivity contribution < 1.29 is 5.11 Å². The minimum absolute atomic E-state index is 0.0988. The number of rotatable bonds is 3. The van der Waals surface area contributed by atoms with E-state index in [1.807, 2.05) is 13.8 Å². The Morgan fingerprint density at radius 2 is 1.93 bits per heavy atom. The molecule has 0 heterocycles. The lowest BCUT2D eigenvalue weighted by molar-refractivity contribution is 0.132. The normalized spacial score (nSPS) is 14.0. The first-order chi connectivity index (χ1) is 6.88. The van der Waals surface area contributed by atoms with Crippen LogP contribution in [0, 0.1) is 19.3 Å². The van der Waals surface area contributed by atoms with E-state index in [4.69, 9.17) is 5.73 Å². The molecule has 0 spiro atoms. The van der Waals surface area contributed by atoms with E-state index in [1.54, 1.807) is 0 Å². The number of hydrogen-bond donors (Lipinski definition) is 2. The number of aliphatic hydroxyl groups is 1. The molecule has 3 N–H and O–H groups in total. The first-order valence-corrected chi connectivity index (χ1v) is 5.32. The maximum absolute atomic E-state index is 9.31. The Kier molecular flexibility index (Phi) is 3.53. The summed E-state index contributed by atoms with van der Waals surface area (Å²) in [6, 6.07) is 6.15. The van der Waals surface area contributed by atoms with Crippen LogP contribution in [0.4, 0.5) is 0 Å². The van der Waals surface area contributed by atoms with Gasteiger partial charge in [0.05, 0.1) is 0 Å². The first-order valence-electron chi connectivity index (χ1n) is 5.32. The molecule has 0 saturated heterocycles. The summed E-state index contributed by atoms with van der Waals surface area (Å²) in [5.41, 5.74) is 9.44. The van der Waals surface area contributed by atoms with E-state index in [2.05, 4.69) is 32.0 Å². The summed E-state index contributed by atoms with van der Waals surface area (Å²) in [4.78, 5) is 0. The van der Waals surface area contributed by atoms with Gasteiger partial charge in [-0.25, -0.2) is 0 Å². The second-order valence-corrected chi connectivity index (χ2v) is 4.98. The van der Waals surface area contributed by atoms with Gasteiger partial charge in [-0.1, -0.05) is 37.6 Å². The van der Waals surface area contributed by atoms with E-state index in [0.29, 0.717) is 0 Å². The van der Waals surface area contributed by atoms with Gasteiger partial charge in [0.2, 0.25) is 0 Å². The van der Waals surface area contributed by atoms with Gasteiger partial charge in [0, 0.05) is 18.1 Å². The summed E-state index contributed by atoms with van der Waals surface area (Å²) >= 11 is 0. The number of nitrogens with two attached hydrogens (primary N) is 1. The number of benzene rings is 1. The zero-order valence-corrected chi connectivity index (χ0v) is 10.0. The zero-order chi connectivity index (χ0) is 11.6. The lowest BCUT2D eigenvalue weighted by Gasteiger charge is -2.31. The summed E-state index contributed by atoms with van der Waals surface area (Å²) in [7, 11) is 0. The molecule has 1 aromatic rings. The lowest BCUT2D eigenvalue weighted by atomic mass is 9.80. The Morgan fingerprint density at radius 1 is 1.33 bits per heavy atom. The summed E-state index contributed by atoms with van der Waals surface area (Å²) in [5, 5.41) is 9.31. The van der Waals surface area contributed by atoms with Crippen molar-refractivity contribution in [1.29, 1.82) is 0 Å². The van der Waals surface area contributed by atoms with Crippen LogP contribution in [0.15, 0.2) is 18.2 Å². The molecule has 1 aromatic carbocycles. The summed E-state index contributed by atoms with van der Waals surface area (Å²) in [6.45, 7) is 8.18. The molecule has 0 amide bonds. The van der Waals surface area contributed by atoms with E-state index in [-0.39, 0.29) is 18.1 Å². The van der Waals surface area contributed by atoms with Crippen LogP contribution in [0.25, 0.3) is 0 Å². The first kappa shape index (κ1) is 12.2. The van der Waals surface area contributed by atoms with Crippen molar-refractivity contribution in [2.75, 3.05) is 6.61 Å². The highest BCUT2D eigenvalue weighted by Crippen LogP contribution is 2.32. The minimum Gasteiger partial charge on any atom is -0.396 e. The molecule has 0 aliphatic rings. The molecular formula is C13H21NO. The molecular weight excluding hydrogens is 186 g/mol. The Bertz CT molecular complexity index is 344. The molecule has 1 rings (SSSR count). The smallest absolute Gasteiger partial charge is 0.0500 e. The van der Waals surface area contributed by atoms with Gasteiger partial charge in [-0.15, -0.1) is 0 Å². The summed E-state index contributed by atoms with van der Waals surface area (Å²) in [6.07, 6.45) is 0. The average molecular weight is 207 g/mol. The third-order valence-electron chi connectivity index (χ3n) is 3.02. The molecule has 0 aromatic heterocycles. The van der Waals surface area contributed by atoms with Gasteiger partial charge in [0.25, 0.3) is 0 Å². The van der Waals surface area contributed by atoms with E-state index in [0.717, 1.165) is 5.56 Å². The SMILES string of the molecule is Cc1ccc(C)c([C@H](N)C(C)(C)CO)c1. The Morgan fingerprint density at radius 3 is 2.47 bits per heavy atom. The van der Waals surface area contributed by atoms with Gasteiger partial charge >= 0.3 is 0 Å². The van der Waals surface area contributed by atoms with Gasteiger partial charge in [-0.2, -0.15) is 0 Å². The highest BCUT2D eigenvalue weighted by atomic mass is 16.3. The van der Waals surface area contributed by atoms with Crippen LogP contribution in [0.5, 0.6) is 0 Å². The van der Waals surface area contributed by atoms with Crippen molar-refractivity contribution in [3.05, 3.63) is 34.9 Å². The molecule has 0 unspecified atom stereocenters. The van der Waals surface area contributed by atoms with Gasteiger partial charge < -0.3 is 10.8 Å². The molecule has 2 heteroatoms. The number of hydrogen-bond acceptors (Lipinski definition) is 2. The fourth-order valence-corrected chi connectivity index (χ4v) is 1.61. The van der Waals surface area contributed by atoms with Crippen LogP contribution in [-0.4, -0.2) is 11.7 Å². The molecule has 0 bridgehead atoms. The lowest BCUT2D eigenvalue weighted by Crippen LogP contribution is -2.32. The van der Waals surface area contributed by atoms with Gasteiger partial charge in [-0.3, -0.25) is 0 Å². The highest BCUT2D eigenvalue weighted by Gasteiger charge is 2.27. The van der Waals surface area contributed by atoms with Gasteiger partial charge in [-0.05, 0) is 25.0 Å². The number of aryl methyl sites for hydroxylation is 2. The van der Waals surface area contributed by atoms with E-state index in [9.17, 15) is 5.11 Å². The van der Waals surface area contributed by atoms with E-state index < -0.39 is 0 Å². The number of aliphatic hydroxyl groups excluding tert-OH is 1. The van der Waals surface area contributed by atoms with Crippen molar-refractivity contribution in [2.24, 2.45) is 11.1 Å². The predicted molar refractivity (Wildman–Crippen MR) is 63.7 cm³/mol. The fourth-order valence-electron chi connectivity index (χ4n) is 1.61. The van der Waals surface area contributed by atoms with Crippen LogP contribution in [0.3, 0.4) is 0 Å². The Hall–Kier alpha value is -0.860. The van der Waals surface area contributed by atoms with Crippen molar-refractivity contribution in [3.63, 3.8) is 0 Å². The van der Waals surface area contributed by atoms with Crippen molar-refractivity contribution in [2.45, 2.75) is 33.7 Å². The standard InChI is InChI=1S/C13H21NO/c1-9-5-6-10(2)11(7-9)12(14)13(3,4)8-15/h5-7,12,15H,8,14H2,1-4H3/t12-/m0/s1. The quantitative estimate of drug-likeness (QED) is 0.799. The van der Waals surface area contributed by atoms with Crippen LogP contribution in [0.2, 0.25) is 0 Å². The van der Waals surface area contributed by atoms with Crippen molar-refractivity contribution >= 4 is 0 Å². The second-order valence-electron chi connectivity index (χ2n) is 4.98. The summed E-state index contributed by atoms with van der Waals surface area (Å²) < 4.78 is 0. The second kappa shape index (κ2) is 4.33. The molecule has 84 valence electrons. The Balaban J connectivity index is 3.10. The van der Waals surface area contributed by atoms with Crippen LogP contribution < -0.4 is 5.73 Å². The third-order valence-corrected chi connectivity index (χ3v) is 3.02. The van der Waals surface area contributed by atoms with Crippen LogP contribution in [0.1, 0.15) is 36.6 Å². The molecule has 15 heavy (non-hydrogen) atoms. The zero-order valence-electron chi connectivity index (χ0n) is 10.0. The molecule has 1 atom stereocenters. The minimum atomic E-state index is -0.279. The van der Waals surface area contributed by atoms with Crippen LogP contribution >= 0.6 is 0 Å². The maximum Gasteiger partial charge on any atom is 0.0500 e. The van der Waals surface area contributed by atoms with E-state index >= 15 is 0 Å². The molecule has 0 saturated carbocycles. The predicted octanol–water partition coefficient (Wildman–Crippen LogP) is 2.32.